The number of rotatable bonds is 8. The molecular weight excluding hydrogens is 604 g/mol. The van der Waals surface area contributed by atoms with E-state index in [0.29, 0.717) is 5.82 Å². The van der Waals surface area contributed by atoms with E-state index in [0.717, 1.165) is 58.0 Å². The van der Waals surface area contributed by atoms with Crippen molar-refractivity contribution in [2.45, 2.75) is 105 Å². The van der Waals surface area contributed by atoms with Gasteiger partial charge in [-0.15, -0.1) is 0 Å². The number of benzene rings is 2. The highest BCUT2D eigenvalue weighted by atomic mass is 16.6. The van der Waals surface area contributed by atoms with Gasteiger partial charge in [0.25, 0.3) is 0 Å². The molecule has 10 nitrogen and oxygen atoms in total. The number of H-pyrrole nitrogens is 2. The molecule has 10 heteroatoms. The Kier molecular flexibility index (Phi) is 9.76. The molecule has 0 saturated carbocycles. The van der Waals surface area contributed by atoms with Gasteiger partial charge in [0.1, 0.15) is 22.9 Å². The molecule has 0 radical (unpaired) electrons. The predicted octanol–water partition coefficient (Wildman–Crippen LogP) is 8.68. The smallest absolute Gasteiger partial charge is 0.408 e. The number of fused-ring (bicyclic) bond motifs is 3. The molecule has 1 aliphatic carbocycles. The average Bonchev–Trinajstić information content (AvgIpc) is 3.64. The molecule has 2 aromatic carbocycles. The van der Waals surface area contributed by atoms with Gasteiger partial charge in [0.2, 0.25) is 0 Å². The number of carbonyl (C=O) groups excluding carboxylic acids is 2. The van der Waals surface area contributed by atoms with Crippen molar-refractivity contribution in [2.75, 3.05) is 0 Å². The van der Waals surface area contributed by atoms with Gasteiger partial charge in [-0.3, -0.25) is 0 Å². The van der Waals surface area contributed by atoms with E-state index in [1.54, 1.807) is 6.20 Å². The molecule has 2 heterocycles. The second kappa shape index (κ2) is 13.5. The average molecular weight is 655 g/mol. The van der Waals surface area contributed by atoms with E-state index in [-0.39, 0.29) is 23.9 Å². The van der Waals surface area contributed by atoms with Gasteiger partial charge in [-0.25, -0.2) is 19.6 Å². The predicted molar refractivity (Wildman–Crippen MR) is 188 cm³/mol. The van der Waals surface area contributed by atoms with Crippen LogP contribution in [0.15, 0.2) is 48.7 Å². The number of aromatic amines is 2. The van der Waals surface area contributed by atoms with Gasteiger partial charge >= 0.3 is 12.2 Å². The number of nitrogens with zero attached hydrogens (tertiary/aromatic N) is 2. The molecule has 2 atom stereocenters. The topological polar surface area (TPSA) is 134 Å². The Hall–Kier alpha value is -4.60. The summed E-state index contributed by atoms with van der Waals surface area (Å²) in [5, 5.41) is 5.97. The summed E-state index contributed by atoms with van der Waals surface area (Å²) >= 11 is 0. The number of carbonyl (C=O) groups is 2. The van der Waals surface area contributed by atoms with E-state index in [9.17, 15) is 9.59 Å². The number of alkyl carbamates (subject to hydrolysis) is 2. The van der Waals surface area contributed by atoms with E-state index in [1.165, 1.54) is 5.56 Å². The summed E-state index contributed by atoms with van der Waals surface area (Å²) in [6.45, 7) is 19.3. The third-order valence-electron chi connectivity index (χ3n) is 8.19. The van der Waals surface area contributed by atoms with Crippen LogP contribution in [0.4, 0.5) is 9.59 Å². The fourth-order valence-electron chi connectivity index (χ4n) is 5.91. The fourth-order valence-corrected chi connectivity index (χ4v) is 5.91. The highest BCUT2D eigenvalue weighted by Gasteiger charge is 2.29. The van der Waals surface area contributed by atoms with Crippen LogP contribution in [0.25, 0.3) is 33.6 Å². The zero-order valence-corrected chi connectivity index (χ0v) is 29.9. The Morgan fingerprint density at radius 3 is 1.83 bits per heavy atom. The summed E-state index contributed by atoms with van der Waals surface area (Å²) in [5.41, 5.74) is 7.37. The van der Waals surface area contributed by atoms with E-state index in [4.69, 9.17) is 14.5 Å². The number of amides is 2. The van der Waals surface area contributed by atoms with Gasteiger partial charge < -0.3 is 30.1 Å². The van der Waals surface area contributed by atoms with Crippen molar-refractivity contribution in [3.05, 3.63) is 71.6 Å². The molecule has 0 bridgehead atoms. The first kappa shape index (κ1) is 34.7. The lowest BCUT2D eigenvalue weighted by Crippen LogP contribution is -2.37. The molecule has 2 aromatic heterocycles. The standard InChI is InChI=1S/C38H50N6O4/c1-21(2)30(43-35(45)47-37(5,6)7)33-39-20-29(41-33)24-13-11-23(12-14-24)25-15-17-27-26(19-25)16-18-28-32(27)42-34(40-28)31(22(3)4)44-36(46)48-38(8,9)10/h11-15,17,19-22,30-31H,16,18H2,1-10H3,(H,39,41)(H,40,42)(H,43,45)(H,44,46). The summed E-state index contributed by atoms with van der Waals surface area (Å²) in [6, 6.07) is 14.3. The maximum Gasteiger partial charge on any atom is 0.408 e. The maximum atomic E-state index is 12.6. The Balaban J connectivity index is 1.32. The lowest BCUT2D eigenvalue weighted by atomic mass is 9.89. The highest BCUT2D eigenvalue weighted by Crippen LogP contribution is 2.37. The molecule has 2 amide bonds. The van der Waals surface area contributed by atoms with Crippen LogP contribution < -0.4 is 10.6 Å². The van der Waals surface area contributed by atoms with Crippen LogP contribution in [0.1, 0.15) is 104 Å². The largest absolute Gasteiger partial charge is 0.444 e. The summed E-state index contributed by atoms with van der Waals surface area (Å²) in [7, 11) is 0. The summed E-state index contributed by atoms with van der Waals surface area (Å²) < 4.78 is 11.0. The molecule has 1 aliphatic rings. The minimum Gasteiger partial charge on any atom is -0.444 e. The molecule has 0 saturated heterocycles. The molecule has 4 N–H and O–H groups in total. The molecule has 0 spiro atoms. The van der Waals surface area contributed by atoms with Crippen molar-refractivity contribution in [3.8, 4) is 33.6 Å². The highest BCUT2D eigenvalue weighted by molar-refractivity contribution is 5.76. The second-order valence-electron chi connectivity index (χ2n) is 15.3. The Labute approximate surface area is 283 Å². The number of aromatic nitrogens is 4. The summed E-state index contributed by atoms with van der Waals surface area (Å²) in [5.74, 6) is 1.66. The Bertz CT molecular complexity index is 1750. The molecule has 48 heavy (non-hydrogen) atoms. The summed E-state index contributed by atoms with van der Waals surface area (Å²) in [6.07, 6.45) is 2.63. The first-order valence-corrected chi connectivity index (χ1v) is 16.8. The lowest BCUT2D eigenvalue weighted by molar-refractivity contribution is 0.0475. The number of nitrogens with one attached hydrogen (secondary N) is 4. The van der Waals surface area contributed by atoms with Crippen molar-refractivity contribution in [2.24, 2.45) is 11.8 Å². The molecule has 5 rings (SSSR count). The molecule has 0 fully saturated rings. The SMILES string of the molecule is CC(C)C(NC(=O)OC(C)(C)C)c1ncc(-c2ccc(-c3ccc4c(c3)CCc3[nH]c(C(NC(=O)OC(C)(C)C)C(C)C)nc3-4)cc2)[nH]1. The number of ether oxygens (including phenoxy) is 2. The first-order valence-electron chi connectivity index (χ1n) is 16.8. The van der Waals surface area contributed by atoms with Crippen LogP contribution >= 0.6 is 0 Å². The van der Waals surface area contributed by atoms with Crippen molar-refractivity contribution >= 4 is 12.2 Å². The van der Waals surface area contributed by atoms with Crippen molar-refractivity contribution < 1.29 is 19.1 Å². The van der Waals surface area contributed by atoms with Crippen LogP contribution in [-0.2, 0) is 22.3 Å². The maximum absolute atomic E-state index is 12.6. The van der Waals surface area contributed by atoms with Crippen LogP contribution in [0.3, 0.4) is 0 Å². The molecule has 2 unspecified atom stereocenters. The first-order chi connectivity index (χ1) is 22.5. The zero-order valence-electron chi connectivity index (χ0n) is 29.9. The van der Waals surface area contributed by atoms with Crippen molar-refractivity contribution in [1.29, 1.82) is 0 Å². The Morgan fingerprint density at radius 1 is 0.729 bits per heavy atom. The van der Waals surface area contributed by atoms with E-state index in [2.05, 4.69) is 81.9 Å². The number of imidazole rings is 2. The number of hydrogen-bond donors (Lipinski definition) is 4. The number of hydrogen-bond acceptors (Lipinski definition) is 6. The van der Waals surface area contributed by atoms with Gasteiger partial charge in [0.15, 0.2) is 0 Å². The molecular formula is C38H50N6O4. The van der Waals surface area contributed by atoms with Gasteiger partial charge in [-0.2, -0.15) is 0 Å². The normalized spacial score (nSPS) is 14.2. The fraction of sp³-hybridized carbons (Fsp3) is 0.474. The van der Waals surface area contributed by atoms with Crippen molar-refractivity contribution in [1.82, 2.24) is 30.6 Å². The molecule has 4 aromatic rings. The van der Waals surface area contributed by atoms with Crippen LogP contribution in [0, 0.1) is 11.8 Å². The molecule has 256 valence electrons. The van der Waals surface area contributed by atoms with Crippen LogP contribution in [0.2, 0.25) is 0 Å². The molecule has 0 aliphatic heterocycles. The lowest BCUT2D eigenvalue weighted by Gasteiger charge is -2.24. The minimum atomic E-state index is -0.579. The zero-order chi connectivity index (χ0) is 35.0. The quantitative estimate of drug-likeness (QED) is 0.150. The van der Waals surface area contributed by atoms with Gasteiger partial charge in [-0.05, 0) is 88.5 Å². The van der Waals surface area contributed by atoms with Crippen LogP contribution in [-0.4, -0.2) is 43.3 Å². The van der Waals surface area contributed by atoms with Crippen LogP contribution in [0.5, 0.6) is 0 Å². The van der Waals surface area contributed by atoms with E-state index in [1.807, 2.05) is 55.4 Å². The number of aryl methyl sites for hydroxylation is 2. The van der Waals surface area contributed by atoms with E-state index < -0.39 is 23.4 Å². The third-order valence-corrected chi connectivity index (χ3v) is 8.19. The second-order valence-corrected chi connectivity index (χ2v) is 15.3. The van der Waals surface area contributed by atoms with Gasteiger partial charge in [-0.1, -0.05) is 70.2 Å². The summed E-state index contributed by atoms with van der Waals surface area (Å²) in [4.78, 5) is 41.6. The third kappa shape index (κ3) is 8.27. The Morgan fingerprint density at radius 2 is 1.27 bits per heavy atom. The van der Waals surface area contributed by atoms with Crippen molar-refractivity contribution in [3.63, 3.8) is 0 Å². The minimum absolute atomic E-state index is 0.109. The van der Waals surface area contributed by atoms with Gasteiger partial charge in [0, 0.05) is 11.3 Å². The monoisotopic (exact) mass is 654 g/mol. The van der Waals surface area contributed by atoms with Gasteiger partial charge in [0.05, 0.1) is 29.7 Å². The van der Waals surface area contributed by atoms with E-state index >= 15 is 0 Å².